The van der Waals surface area contributed by atoms with Crippen molar-refractivity contribution in [2.24, 2.45) is 0 Å². The Balaban J connectivity index is 2.41. The summed E-state index contributed by atoms with van der Waals surface area (Å²) in [5.74, 6) is -0.232. The lowest BCUT2D eigenvalue weighted by atomic mass is 10.1. The van der Waals surface area contributed by atoms with E-state index in [1.807, 2.05) is 6.92 Å². The minimum Gasteiger partial charge on any atom is -0.465 e. The fourth-order valence-electron chi connectivity index (χ4n) is 1.30. The third-order valence-electron chi connectivity index (χ3n) is 2.02. The normalized spacial score (nSPS) is 26.1. The van der Waals surface area contributed by atoms with Crippen LogP contribution in [0.15, 0.2) is 0 Å². The second-order valence-corrected chi connectivity index (χ2v) is 3.33. The summed E-state index contributed by atoms with van der Waals surface area (Å²) in [6.45, 7) is 2.15. The summed E-state index contributed by atoms with van der Waals surface area (Å²) in [4.78, 5) is 22.1. The average Bonchev–Trinajstić information content (AvgIpc) is 2.03. The van der Waals surface area contributed by atoms with Crippen LogP contribution in [0.1, 0.15) is 32.6 Å². The Morgan fingerprint density at radius 3 is 2.92 bits per heavy atom. The van der Waals surface area contributed by atoms with Gasteiger partial charge in [0.1, 0.15) is 6.61 Å². The number of nitrogens with one attached hydrogen (secondary N) is 1. The maximum atomic E-state index is 11.1. The molecule has 0 radical (unpaired) electrons. The molecule has 1 heterocycles. The van der Waals surface area contributed by atoms with E-state index in [9.17, 15) is 9.59 Å². The van der Waals surface area contributed by atoms with Crippen molar-refractivity contribution in [1.29, 1.82) is 0 Å². The van der Waals surface area contributed by atoms with Crippen LogP contribution in [0.4, 0.5) is 0 Å². The molecule has 74 valence electrons. The Morgan fingerprint density at radius 1 is 1.38 bits per heavy atom. The van der Waals surface area contributed by atoms with E-state index in [1.54, 1.807) is 0 Å². The highest BCUT2D eigenvalue weighted by Crippen LogP contribution is 2.04. The molecule has 13 heavy (non-hydrogen) atoms. The molecule has 4 nitrogen and oxygen atoms in total. The number of carbonyl (C=O) groups is 2. The first-order valence-electron chi connectivity index (χ1n) is 4.63. The zero-order valence-corrected chi connectivity index (χ0v) is 7.84. The van der Waals surface area contributed by atoms with E-state index in [4.69, 9.17) is 4.74 Å². The van der Waals surface area contributed by atoms with E-state index in [1.165, 1.54) is 0 Å². The second kappa shape index (κ2) is 4.84. The summed E-state index contributed by atoms with van der Waals surface area (Å²) in [6.07, 6.45) is 2.34. The molecule has 0 saturated carbocycles. The lowest BCUT2D eigenvalue weighted by Crippen LogP contribution is -2.34. The van der Waals surface area contributed by atoms with E-state index in [2.05, 4.69) is 5.32 Å². The highest BCUT2D eigenvalue weighted by Gasteiger charge is 2.12. The number of hydrogen-bond acceptors (Lipinski definition) is 3. The van der Waals surface area contributed by atoms with Crippen molar-refractivity contribution in [3.8, 4) is 0 Å². The topological polar surface area (TPSA) is 55.4 Å². The summed E-state index contributed by atoms with van der Waals surface area (Å²) in [6, 6.07) is 0.165. The van der Waals surface area contributed by atoms with Crippen LogP contribution in [0.5, 0.6) is 0 Å². The van der Waals surface area contributed by atoms with Gasteiger partial charge in [-0.15, -0.1) is 0 Å². The molecule has 4 heteroatoms. The maximum Gasteiger partial charge on any atom is 0.305 e. The number of carbonyl (C=O) groups excluding carboxylic acids is 2. The van der Waals surface area contributed by atoms with Gasteiger partial charge in [-0.3, -0.25) is 9.59 Å². The molecule has 0 aromatic carbocycles. The SMILES string of the molecule is CC1CCCC(=O)OCCC(=O)N1. The molecule has 0 aromatic heterocycles. The van der Waals surface area contributed by atoms with E-state index < -0.39 is 0 Å². The highest BCUT2D eigenvalue weighted by molar-refractivity contribution is 5.77. The number of ether oxygens (including phenoxy) is 1. The van der Waals surface area contributed by atoms with Crippen LogP contribution in [0.25, 0.3) is 0 Å². The molecule has 1 rings (SSSR count). The van der Waals surface area contributed by atoms with Gasteiger partial charge in [0.15, 0.2) is 0 Å². The number of amides is 1. The zero-order valence-electron chi connectivity index (χ0n) is 7.84. The third kappa shape index (κ3) is 3.92. The largest absolute Gasteiger partial charge is 0.465 e. The predicted molar refractivity (Wildman–Crippen MR) is 47.0 cm³/mol. The van der Waals surface area contributed by atoms with Crippen LogP contribution in [0.3, 0.4) is 0 Å². The van der Waals surface area contributed by atoms with Crippen LogP contribution in [-0.4, -0.2) is 24.5 Å². The molecule has 0 bridgehead atoms. The number of hydrogen-bond donors (Lipinski definition) is 1. The Hall–Kier alpha value is -1.06. The van der Waals surface area contributed by atoms with E-state index >= 15 is 0 Å². The van der Waals surface area contributed by atoms with Gasteiger partial charge in [-0.1, -0.05) is 0 Å². The molecular weight excluding hydrogens is 170 g/mol. The molecule has 0 aromatic rings. The standard InChI is InChI=1S/C9H15NO3/c1-7-3-2-4-9(12)13-6-5-8(11)10-7/h7H,2-6H2,1H3,(H,10,11). The first-order valence-corrected chi connectivity index (χ1v) is 4.63. The summed E-state index contributed by atoms with van der Waals surface area (Å²) in [5, 5.41) is 2.83. The summed E-state index contributed by atoms with van der Waals surface area (Å²) >= 11 is 0. The number of esters is 1. The molecular formula is C9H15NO3. The van der Waals surface area contributed by atoms with Gasteiger partial charge in [-0.2, -0.15) is 0 Å². The van der Waals surface area contributed by atoms with Gasteiger partial charge in [0.25, 0.3) is 0 Å². The predicted octanol–water partition coefficient (Wildman–Crippen LogP) is 0.608. The Morgan fingerprint density at radius 2 is 2.15 bits per heavy atom. The Kier molecular flexibility index (Phi) is 3.73. The van der Waals surface area contributed by atoms with Gasteiger partial charge in [0, 0.05) is 12.5 Å². The summed E-state index contributed by atoms with van der Waals surface area (Å²) < 4.78 is 4.82. The van der Waals surface area contributed by atoms with Gasteiger partial charge in [-0.05, 0) is 19.8 Å². The lowest BCUT2D eigenvalue weighted by Gasteiger charge is -2.15. The summed E-state index contributed by atoms with van der Waals surface area (Å²) in [7, 11) is 0. The first kappa shape index (κ1) is 10.0. The van der Waals surface area contributed by atoms with Crippen molar-refractivity contribution in [2.45, 2.75) is 38.6 Å². The molecule has 0 aliphatic carbocycles. The average molecular weight is 185 g/mol. The molecule has 1 unspecified atom stereocenters. The third-order valence-corrected chi connectivity index (χ3v) is 2.02. The Bertz CT molecular complexity index is 203. The van der Waals surface area contributed by atoms with Crippen molar-refractivity contribution in [2.75, 3.05) is 6.61 Å². The number of cyclic esters (lactones) is 1. The first-order chi connectivity index (χ1) is 6.18. The van der Waals surface area contributed by atoms with E-state index in [-0.39, 0.29) is 30.9 Å². The molecule has 0 spiro atoms. The minimum atomic E-state index is -0.193. The van der Waals surface area contributed by atoms with E-state index in [0.717, 1.165) is 12.8 Å². The molecule has 1 saturated heterocycles. The van der Waals surface area contributed by atoms with Crippen LogP contribution < -0.4 is 5.32 Å². The van der Waals surface area contributed by atoms with Crippen LogP contribution in [0, 0.1) is 0 Å². The molecule has 1 aliphatic heterocycles. The van der Waals surface area contributed by atoms with Crippen molar-refractivity contribution in [3.05, 3.63) is 0 Å². The molecule has 1 aliphatic rings. The highest BCUT2D eigenvalue weighted by atomic mass is 16.5. The monoisotopic (exact) mass is 185 g/mol. The minimum absolute atomic E-state index is 0.0396. The molecule has 1 atom stereocenters. The quantitative estimate of drug-likeness (QED) is 0.562. The molecule has 1 amide bonds. The fourth-order valence-corrected chi connectivity index (χ4v) is 1.30. The fraction of sp³-hybridized carbons (Fsp3) is 0.778. The maximum absolute atomic E-state index is 11.1. The second-order valence-electron chi connectivity index (χ2n) is 3.33. The van der Waals surface area contributed by atoms with Crippen molar-refractivity contribution < 1.29 is 14.3 Å². The van der Waals surface area contributed by atoms with Gasteiger partial charge in [-0.25, -0.2) is 0 Å². The van der Waals surface area contributed by atoms with Gasteiger partial charge >= 0.3 is 5.97 Å². The van der Waals surface area contributed by atoms with Crippen LogP contribution >= 0.6 is 0 Å². The number of rotatable bonds is 0. The smallest absolute Gasteiger partial charge is 0.305 e. The molecule has 1 N–H and O–H groups in total. The Labute approximate surface area is 77.6 Å². The van der Waals surface area contributed by atoms with E-state index in [0.29, 0.717) is 6.42 Å². The van der Waals surface area contributed by atoms with Gasteiger partial charge in [0.2, 0.25) is 5.91 Å². The zero-order chi connectivity index (χ0) is 9.68. The van der Waals surface area contributed by atoms with Crippen LogP contribution in [0.2, 0.25) is 0 Å². The molecule has 1 fully saturated rings. The van der Waals surface area contributed by atoms with Crippen LogP contribution in [-0.2, 0) is 14.3 Å². The lowest BCUT2D eigenvalue weighted by molar-refractivity contribution is -0.144. The van der Waals surface area contributed by atoms with Gasteiger partial charge < -0.3 is 10.1 Å². The summed E-state index contributed by atoms with van der Waals surface area (Å²) in [5.41, 5.74) is 0. The van der Waals surface area contributed by atoms with Crippen molar-refractivity contribution >= 4 is 11.9 Å². The van der Waals surface area contributed by atoms with Crippen molar-refractivity contribution in [3.63, 3.8) is 0 Å². The van der Waals surface area contributed by atoms with Crippen molar-refractivity contribution in [1.82, 2.24) is 5.32 Å². The van der Waals surface area contributed by atoms with Gasteiger partial charge in [0.05, 0.1) is 6.42 Å².